The fourth-order valence-corrected chi connectivity index (χ4v) is 4.21. The Labute approximate surface area is 199 Å². The van der Waals surface area contributed by atoms with Crippen LogP contribution in [0.3, 0.4) is 0 Å². The number of piperidine rings is 1. The highest BCUT2D eigenvalue weighted by molar-refractivity contribution is 5.96. The second kappa shape index (κ2) is 9.67. The van der Waals surface area contributed by atoms with E-state index in [1.165, 1.54) is 12.3 Å². The molecule has 1 aliphatic rings. The Balaban J connectivity index is 1.37. The number of rotatable bonds is 6. The highest BCUT2D eigenvalue weighted by Gasteiger charge is 2.20. The average Bonchev–Trinajstić information content (AvgIpc) is 3.22. The number of carbonyl (C=O) groups excluding carboxylic acids is 1. The van der Waals surface area contributed by atoms with Gasteiger partial charge in [0.25, 0.3) is 0 Å². The molecule has 0 unspecified atom stereocenters. The first-order valence-electron chi connectivity index (χ1n) is 11.4. The van der Waals surface area contributed by atoms with Crippen LogP contribution in [0, 0.1) is 11.6 Å². The van der Waals surface area contributed by atoms with E-state index in [2.05, 4.69) is 30.9 Å². The normalized spacial score (nSPS) is 14.2. The van der Waals surface area contributed by atoms with Crippen LogP contribution in [0.2, 0.25) is 0 Å². The number of halogens is 2. The van der Waals surface area contributed by atoms with E-state index < -0.39 is 11.6 Å². The van der Waals surface area contributed by atoms with Crippen molar-refractivity contribution < 1.29 is 18.7 Å². The number of nitrogens with one attached hydrogen (secondary N) is 4. The number of carbonyl (C=O) groups is 1. The van der Waals surface area contributed by atoms with Crippen LogP contribution in [0.15, 0.2) is 48.7 Å². The number of hydrogen-bond donors (Lipinski definition) is 5. The van der Waals surface area contributed by atoms with Crippen LogP contribution >= 0.6 is 0 Å². The van der Waals surface area contributed by atoms with Gasteiger partial charge in [-0.2, -0.15) is 0 Å². The Morgan fingerprint density at radius 2 is 1.77 bits per heavy atom. The maximum Gasteiger partial charge on any atom is 0.224 e. The van der Waals surface area contributed by atoms with Gasteiger partial charge in [0.1, 0.15) is 22.8 Å². The monoisotopic (exact) mass is 478 g/mol. The van der Waals surface area contributed by atoms with Crippen LogP contribution in [-0.4, -0.2) is 45.1 Å². The molecule has 1 saturated heterocycles. The van der Waals surface area contributed by atoms with Crippen LogP contribution in [0.5, 0.6) is 5.88 Å². The van der Waals surface area contributed by atoms with Crippen molar-refractivity contribution in [1.29, 1.82) is 0 Å². The lowest BCUT2D eigenvalue weighted by Gasteiger charge is -2.23. The lowest BCUT2D eigenvalue weighted by Crippen LogP contribution is -2.43. The minimum atomic E-state index is -0.790. The Morgan fingerprint density at radius 3 is 2.49 bits per heavy atom. The maximum atomic E-state index is 14.4. The van der Waals surface area contributed by atoms with Gasteiger partial charge in [0.05, 0.1) is 17.5 Å². The van der Waals surface area contributed by atoms with Crippen LogP contribution in [0.4, 0.5) is 20.3 Å². The van der Waals surface area contributed by atoms with Gasteiger partial charge in [-0.05, 0) is 55.8 Å². The number of aromatic nitrogens is 3. The molecular formula is C25H24F2N6O2. The number of hydrogen-bond acceptors (Lipinski definition) is 6. The fraction of sp³-hybridized carbons (Fsp3) is 0.240. The third-order valence-electron chi connectivity index (χ3n) is 5.99. The first-order valence-corrected chi connectivity index (χ1v) is 11.4. The number of anilines is 2. The number of nitrogens with zero attached hydrogens (tertiary/aromatic N) is 2. The molecule has 1 amide bonds. The van der Waals surface area contributed by atoms with Gasteiger partial charge in [0, 0.05) is 17.9 Å². The summed E-state index contributed by atoms with van der Waals surface area (Å²) in [5.41, 5.74) is 1.40. The number of benzene rings is 2. The van der Waals surface area contributed by atoms with Crippen molar-refractivity contribution in [3.63, 3.8) is 0 Å². The van der Waals surface area contributed by atoms with Gasteiger partial charge in [0.2, 0.25) is 11.8 Å². The molecule has 35 heavy (non-hydrogen) atoms. The van der Waals surface area contributed by atoms with E-state index in [-0.39, 0.29) is 46.8 Å². The molecule has 5 N–H and O–H groups in total. The summed E-state index contributed by atoms with van der Waals surface area (Å²) < 4.78 is 28.7. The molecule has 8 nitrogen and oxygen atoms in total. The molecule has 1 aliphatic heterocycles. The smallest absolute Gasteiger partial charge is 0.224 e. The van der Waals surface area contributed by atoms with Crippen molar-refractivity contribution in [3.05, 3.63) is 65.9 Å². The second-order valence-electron chi connectivity index (χ2n) is 8.48. The minimum Gasteiger partial charge on any atom is -0.494 e. The predicted molar refractivity (Wildman–Crippen MR) is 128 cm³/mol. The molecule has 2 aromatic heterocycles. The second-order valence-corrected chi connectivity index (χ2v) is 8.48. The molecule has 1 fully saturated rings. The molecule has 0 spiro atoms. The first-order chi connectivity index (χ1) is 17.0. The Hall–Kier alpha value is -4.05. The molecule has 4 aromatic rings. The molecule has 180 valence electrons. The topological polar surface area (TPSA) is 115 Å². The molecule has 5 rings (SSSR count). The van der Waals surface area contributed by atoms with E-state index in [0.29, 0.717) is 11.2 Å². The lowest BCUT2D eigenvalue weighted by molar-refractivity contribution is -0.121. The summed E-state index contributed by atoms with van der Waals surface area (Å²) in [6, 6.07) is 10.9. The molecule has 3 heterocycles. The van der Waals surface area contributed by atoms with E-state index in [9.17, 15) is 18.7 Å². The van der Waals surface area contributed by atoms with Crippen LogP contribution in [-0.2, 0) is 11.2 Å². The van der Waals surface area contributed by atoms with Crippen molar-refractivity contribution >= 4 is 28.3 Å². The van der Waals surface area contributed by atoms with E-state index in [4.69, 9.17) is 0 Å². The highest BCUT2D eigenvalue weighted by Crippen LogP contribution is 2.34. The summed E-state index contributed by atoms with van der Waals surface area (Å²) >= 11 is 0. The Kier molecular flexibility index (Phi) is 6.28. The zero-order valence-electron chi connectivity index (χ0n) is 18.7. The van der Waals surface area contributed by atoms with Crippen molar-refractivity contribution in [2.75, 3.05) is 18.4 Å². The van der Waals surface area contributed by atoms with Crippen LogP contribution < -0.4 is 16.0 Å². The van der Waals surface area contributed by atoms with Crippen LogP contribution in [0.25, 0.3) is 22.3 Å². The number of amides is 1. The minimum absolute atomic E-state index is 0.0241. The van der Waals surface area contributed by atoms with Gasteiger partial charge in [-0.3, -0.25) is 4.79 Å². The number of aromatic amines is 1. The van der Waals surface area contributed by atoms with Crippen molar-refractivity contribution in [2.24, 2.45) is 0 Å². The van der Waals surface area contributed by atoms with Gasteiger partial charge < -0.3 is 26.0 Å². The quantitative estimate of drug-likeness (QED) is 0.288. The average molecular weight is 479 g/mol. The van der Waals surface area contributed by atoms with Gasteiger partial charge in [-0.1, -0.05) is 18.2 Å². The van der Waals surface area contributed by atoms with Crippen molar-refractivity contribution in [1.82, 2.24) is 25.6 Å². The van der Waals surface area contributed by atoms with Crippen molar-refractivity contribution in [3.8, 4) is 17.3 Å². The Bertz CT molecular complexity index is 1350. The summed E-state index contributed by atoms with van der Waals surface area (Å²) in [4.78, 5) is 23.6. The summed E-state index contributed by atoms with van der Waals surface area (Å²) in [7, 11) is 0. The third-order valence-corrected chi connectivity index (χ3v) is 5.99. The van der Waals surface area contributed by atoms with E-state index in [0.717, 1.165) is 43.6 Å². The highest BCUT2D eigenvalue weighted by atomic mass is 19.1. The summed E-state index contributed by atoms with van der Waals surface area (Å²) in [5, 5.41) is 20.0. The summed E-state index contributed by atoms with van der Waals surface area (Å²) in [6.45, 7) is 1.81. The predicted octanol–water partition coefficient (Wildman–Crippen LogP) is 3.76. The molecule has 0 atom stereocenters. The molecular weight excluding hydrogens is 454 g/mol. The van der Waals surface area contributed by atoms with Gasteiger partial charge >= 0.3 is 0 Å². The molecule has 0 saturated carbocycles. The fourth-order valence-electron chi connectivity index (χ4n) is 4.21. The van der Waals surface area contributed by atoms with E-state index in [1.807, 2.05) is 12.1 Å². The number of fused-ring (bicyclic) bond motifs is 1. The number of H-pyrrole nitrogens is 1. The first kappa shape index (κ1) is 22.7. The van der Waals surface area contributed by atoms with E-state index >= 15 is 0 Å². The maximum absolute atomic E-state index is 14.4. The molecule has 0 bridgehead atoms. The summed E-state index contributed by atoms with van der Waals surface area (Å²) in [5.74, 6) is -1.74. The van der Waals surface area contributed by atoms with Gasteiger partial charge in [-0.15, -0.1) is 0 Å². The molecule has 0 aliphatic carbocycles. The molecule has 0 radical (unpaired) electrons. The third kappa shape index (κ3) is 4.92. The lowest BCUT2D eigenvalue weighted by atomic mass is 10.1. The SMILES string of the molecule is O=C(Cc1ccc(Nc2nc(-c3c(F)cccc3F)nc3c[nH]c(O)c23)cc1)NC1CCNCC1. The van der Waals surface area contributed by atoms with Gasteiger partial charge in [0.15, 0.2) is 5.82 Å². The molecule has 2 aromatic carbocycles. The van der Waals surface area contributed by atoms with Crippen LogP contribution in [0.1, 0.15) is 18.4 Å². The molecule has 10 heteroatoms. The van der Waals surface area contributed by atoms with E-state index in [1.54, 1.807) is 12.1 Å². The largest absolute Gasteiger partial charge is 0.494 e. The van der Waals surface area contributed by atoms with Crippen molar-refractivity contribution in [2.45, 2.75) is 25.3 Å². The zero-order valence-corrected chi connectivity index (χ0v) is 18.7. The number of aromatic hydroxyl groups is 1. The van der Waals surface area contributed by atoms with Gasteiger partial charge in [-0.25, -0.2) is 18.7 Å². The summed E-state index contributed by atoms with van der Waals surface area (Å²) in [6.07, 6.45) is 3.54. The zero-order chi connectivity index (χ0) is 24.4. The standard InChI is InChI=1S/C25H24F2N6O2/c26-17-2-1-3-18(27)21(17)23-32-19-13-29-25(35)22(19)24(33-23)31-15-6-4-14(5-7-15)12-20(34)30-16-8-10-28-11-9-16/h1-7,13,16,28-29,35H,8-12H2,(H,30,34)(H,31,32,33). The Morgan fingerprint density at radius 1 is 1.06 bits per heavy atom.